The van der Waals surface area contributed by atoms with Crippen LogP contribution in [-0.2, 0) is 0 Å². The van der Waals surface area contributed by atoms with Gasteiger partial charge in [0.25, 0.3) is 0 Å². The number of hydrogen-bond acceptors (Lipinski definition) is 7. The van der Waals surface area contributed by atoms with Crippen molar-refractivity contribution in [3.05, 3.63) is 96.3 Å². The third-order valence-corrected chi connectivity index (χ3v) is 5.86. The van der Waals surface area contributed by atoms with Crippen molar-refractivity contribution < 1.29 is 23.7 Å². The van der Waals surface area contributed by atoms with E-state index in [1.807, 2.05) is 36.4 Å². The number of carbonyl (C=O) groups is 1. The molecule has 0 unspecified atom stereocenters. The van der Waals surface area contributed by atoms with Gasteiger partial charge in [-0.1, -0.05) is 17.7 Å². The predicted octanol–water partition coefficient (Wildman–Crippen LogP) is 6.76. The number of carbonyl (C=O) groups excluding carboxylic acids is 1. The van der Waals surface area contributed by atoms with Gasteiger partial charge in [-0.2, -0.15) is 0 Å². The van der Waals surface area contributed by atoms with Crippen molar-refractivity contribution in [3.8, 4) is 34.8 Å². The zero-order valence-electron chi connectivity index (χ0n) is 19.8. The van der Waals surface area contributed by atoms with Gasteiger partial charge in [0.15, 0.2) is 0 Å². The SMILES string of the molecule is O=C(Oc1ccc(Oc2ccc(Cl)cn2)cc1)N1CCC(Oc2ccc(Oc3ccccn3)cc2)CC1. The largest absolute Gasteiger partial charge is 0.490 e. The Kier molecular flexibility index (Phi) is 7.66. The summed E-state index contributed by atoms with van der Waals surface area (Å²) in [6.07, 6.45) is 4.25. The second kappa shape index (κ2) is 11.6. The first kappa shape index (κ1) is 24.4. The Morgan fingerprint density at radius 1 is 0.757 bits per heavy atom. The van der Waals surface area contributed by atoms with Gasteiger partial charge in [-0.15, -0.1) is 0 Å². The van der Waals surface area contributed by atoms with Gasteiger partial charge in [-0.25, -0.2) is 14.8 Å². The lowest BCUT2D eigenvalue weighted by Crippen LogP contribution is -2.43. The highest BCUT2D eigenvalue weighted by atomic mass is 35.5. The quantitative estimate of drug-likeness (QED) is 0.268. The Morgan fingerprint density at radius 3 is 1.97 bits per heavy atom. The summed E-state index contributed by atoms with van der Waals surface area (Å²) in [5, 5.41) is 0.534. The molecule has 0 saturated carbocycles. The van der Waals surface area contributed by atoms with Crippen LogP contribution in [0, 0.1) is 0 Å². The minimum absolute atomic E-state index is 0.0181. The van der Waals surface area contributed by atoms with Crippen molar-refractivity contribution in [2.75, 3.05) is 13.1 Å². The normalized spacial score (nSPS) is 13.6. The van der Waals surface area contributed by atoms with E-state index in [0.717, 1.165) is 5.75 Å². The zero-order valence-corrected chi connectivity index (χ0v) is 20.6. The van der Waals surface area contributed by atoms with Crippen LogP contribution in [0.1, 0.15) is 12.8 Å². The van der Waals surface area contributed by atoms with E-state index < -0.39 is 0 Å². The Morgan fingerprint density at radius 2 is 1.38 bits per heavy atom. The minimum Gasteiger partial charge on any atom is -0.490 e. The second-order valence-electron chi connectivity index (χ2n) is 8.30. The third-order valence-electron chi connectivity index (χ3n) is 5.64. The number of pyridine rings is 2. The molecule has 8 nitrogen and oxygen atoms in total. The molecule has 9 heteroatoms. The van der Waals surface area contributed by atoms with Crippen LogP contribution in [0.4, 0.5) is 4.79 Å². The Labute approximate surface area is 219 Å². The zero-order chi connectivity index (χ0) is 25.5. The molecular weight excluding hydrogens is 494 g/mol. The van der Waals surface area contributed by atoms with Crippen LogP contribution >= 0.6 is 11.6 Å². The van der Waals surface area contributed by atoms with Gasteiger partial charge in [-0.05, 0) is 60.7 Å². The molecule has 2 aromatic carbocycles. The molecule has 0 aliphatic carbocycles. The fourth-order valence-electron chi connectivity index (χ4n) is 3.75. The van der Waals surface area contributed by atoms with Gasteiger partial charge in [-0.3, -0.25) is 0 Å². The van der Waals surface area contributed by atoms with E-state index >= 15 is 0 Å². The van der Waals surface area contributed by atoms with Crippen LogP contribution in [0.25, 0.3) is 0 Å². The van der Waals surface area contributed by atoms with Crippen molar-refractivity contribution in [2.24, 2.45) is 0 Å². The Balaban J connectivity index is 1.06. The van der Waals surface area contributed by atoms with Crippen molar-refractivity contribution in [1.82, 2.24) is 14.9 Å². The average Bonchev–Trinajstić information content (AvgIpc) is 2.93. The second-order valence-corrected chi connectivity index (χ2v) is 8.74. The summed E-state index contributed by atoms with van der Waals surface area (Å²) in [5.74, 6) is 3.41. The first-order valence-electron chi connectivity index (χ1n) is 11.8. The smallest absolute Gasteiger partial charge is 0.415 e. The molecule has 1 aliphatic heterocycles. The van der Waals surface area contributed by atoms with Gasteiger partial charge >= 0.3 is 6.09 Å². The molecule has 1 saturated heterocycles. The molecule has 1 fully saturated rings. The number of aromatic nitrogens is 2. The standard InChI is InChI=1S/C28H24ClN3O5/c29-20-4-13-27(31-19-20)36-23-9-11-24(12-10-23)37-28(33)32-17-14-25(15-18-32)34-21-5-7-22(8-6-21)35-26-3-1-2-16-30-26/h1-13,16,19,25H,14-15,17-18H2. The molecule has 1 aliphatic rings. The van der Waals surface area contributed by atoms with Gasteiger partial charge in [0.2, 0.25) is 11.8 Å². The molecule has 4 aromatic rings. The molecular formula is C28H24ClN3O5. The van der Waals surface area contributed by atoms with Crippen LogP contribution in [0.3, 0.4) is 0 Å². The monoisotopic (exact) mass is 517 g/mol. The van der Waals surface area contributed by atoms with Crippen molar-refractivity contribution in [3.63, 3.8) is 0 Å². The average molecular weight is 518 g/mol. The minimum atomic E-state index is -0.387. The summed E-state index contributed by atoms with van der Waals surface area (Å²) < 4.78 is 23.0. The Bertz CT molecular complexity index is 1290. The van der Waals surface area contributed by atoms with Crippen LogP contribution in [0.2, 0.25) is 5.02 Å². The third kappa shape index (κ3) is 6.89. The van der Waals surface area contributed by atoms with Crippen molar-refractivity contribution in [1.29, 1.82) is 0 Å². The molecule has 0 atom stereocenters. The number of nitrogens with zero attached hydrogens (tertiary/aromatic N) is 3. The summed E-state index contributed by atoms with van der Waals surface area (Å²) in [5.41, 5.74) is 0. The highest BCUT2D eigenvalue weighted by Gasteiger charge is 2.25. The number of ether oxygens (including phenoxy) is 4. The maximum absolute atomic E-state index is 12.6. The summed E-state index contributed by atoms with van der Waals surface area (Å²) in [4.78, 5) is 22.5. The van der Waals surface area contributed by atoms with Crippen LogP contribution in [0.5, 0.6) is 34.8 Å². The molecule has 0 spiro atoms. The number of likely N-dealkylation sites (tertiary alicyclic amines) is 1. The lowest BCUT2D eigenvalue weighted by Gasteiger charge is -2.31. The van der Waals surface area contributed by atoms with Gasteiger partial charge in [0, 0.05) is 50.5 Å². The number of hydrogen-bond donors (Lipinski definition) is 0. The van der Waals surface area contributed by atoms with Crippen molar-refractivity contribution >= 4 is 17.7 Å². The van der Waals surface area contributed by atoms with E-state index in [0.29, 0.717) is 60.0 Å². The highest BCUT2D eigenvalue weighted by molar-refractivity contribution is 6.30. The molecule has 5 rings (SSSR count). The summed E-state index contributed by atoms with van der Waals surface area (Å²) in [6, 6.07) is 23.1. The van der Waals surface area contributed by atoms with E-state index in [1.54, 1.807) is 53.6 Å². The molecule has 188 valence electrons. The predicted molar refractivity (Wildman–Crippen MR) is 138 cm³/mol. The molecule has 3 heterocycles. The maximum Gasteiger partial charge on any atom is 0.415 e. The molecule has 0 radical (unpaired) electrons. The first-order valence-corrected chi connectivity index (χ1v) is 12.2. The lowest BCUT2D eigenvalue weighted by atomic mass is 10.1. The first-order chi connectivity index (χ1) is 18.1. The fourth-order valence-corrected chi connectivity index (χ4v) is 3.86. The molecule has 2 aromatic heterocycles. The number of benzene rings is 2. The molecule has 37 heavy (non-hydrogen) atoms. The number of piperidine rings is 1. The van der Waals surface area contributed by atoms with Gasteiger partial charge in [0.05, 0.1) is 5.02 Å². The molecule has 1 amide bonds. The maximum atomic E-state index is 12.6. The van der Waals surface area contributed by atoms with Crippen molar-refractivity contribution in [2.45, 2.75) is 18.9 Å². The van der Waals surface area contributed by atoms with E-state index in [-0.39, 0.29) is 12.2 Å². The molecule has 0 bridgehead atoms. The van der Waals surface area contributed by atoms with Gasteiger partial charge < -0.3 is 23.8 Å². The van der Waals surface area contributed by atoms with Gasteiger partial charge in [0.1, 0.15) is 29.1 Å². The highest BCUT2D eigenvalue weighted by Crippen LogP contribution is 2.26. The van der Waals surface area contributed by atoms with Crippen LogP contribution in [-0.4, -0.2) is 40.2 Å². The summed E-state index contributed by atoms with van der Waals surface area (Å²) in [7, 11) is 0. The number of rotatable bonds is 7. The van der Waals surface area contributed by atoms with Crippen LogP contribution < -0.4 is 18.9 Å². The molecule has 0 N–H and O–H groups in total. The summed E-state index contributed by atoms with van der Waals surface area (Å²) in [6.45, 7) is 1.10. The van der Waals surface area contributed by atoms with E-state index in [1.165, 1.54) is 6.20 Å². The number of amides is 1. The van der Waals surface area contributed by atoms with E-state index in [9.17, 15) is 4.79 Å². The van der Waals surface area contributed by atoms with E-state index in [2.05, 4.69) is 9.97 Å². The van der Waals surface area contributed by atoms with E-state index in [4.69, 9.17) is 30.5 Å². The Hall–Kier alpha value is -4.30. The number of halogens is 1. The topological polar surface area (TPSA) is 83.0 Å². The van der Waals surface area contributed by atoms with Crippen LogP contribution in [0.15, 0.2) is 91.3 Å². The fraction of sp³-hybridized carbons (Fsp3) is 0.179. The summed E-state index contributed by atoms with van der Waals surface area (Å²) >= 11 is 5.84. The lowest BCUT2D eigenvalue weighted by molar-refractivity contribution is 0.0930.